The third kappa shape index (κ3) is 4.84. The van der Waals surface area contributed by atoms with Crippen LogP contribution in [0.5, 0.6) is 11.5 Å². The van der Waals surface area contributed by atoms with E-state index in [9.17, 15) is 8.78 Å². The predicted octanol–water partition coefficient (Wildman–Crippen LogP) is 3.44. The molecule has 2 aromatic rings. The van der Waals surface area contributed by atoms with E-state index in [2.05, 4.69) is 9.89 Å². The van der Waals surface area contributed by atoms with Gasteiger partial charge in [-0.2, -0.15) is 8.78 Å². The summed E-state index contributed by atoms with van der Waals surface area (Å²) in [5, 5.41) is 3.84. The Hall–Kier alpha value is -2.83. The molecule has 24 heavy (non-hydrogen) atoms. The van der Waals surface area contributed by atoms with Crippen LogP contribution in [0.2, 0.25) is 0 Å². The van der Waals surface area contributed by atoms with E-state index >= 15 is 0 Å². The number of amidine groups is 1. The number of methoxy groups -OCH3 is 1. The highest BCUT2D eigenvalue weighted by molar-refractivity contribution is 5.97. The van der Waals surface area contributed by atoms with Gasteiger partial charge >= 0.3 is 6.61 Å². The molecule has 0 fully saturated rings. The molecule has 0 spiro atoms. The number of oxime groups is 1. The highest BCUT2D eigenvalue weighted by Gasteiger charge is 2.12. The summed E-state index contributed by atoms with van der Waals surface area (Å²) < 4.78 is 34.0. The molecule has 0 aliphatic carbocycles. The standard InChI is InChI=1S/C17H18F2N2O3/c1-11-4-3-5-12(8-11)10-23-21-16(20)13-6-7-14(24-17(18)19)15(9-13)22-2/h3-9,17H,10H2,1-2H3,(H2,20,21). The topological polar surface area (TPSA) is 66.1 Å². The van der Waals surface area contributed by atoms with Gasteiger partial charge in [-0.05, 0) is 30.7 Å². The number of ether oxygens (including phenoxy) is 2. The number of nitrogens with two attached hydrogens (primary N) is 1. The Balaban J connectivity index is 2.06. The zero-order chi connectivity index (χ0) is 17.5. The average Bonchev–Trinajstić information content (AvgIpc) is 2.54. The number of rotatable bonds is 7. The van der Waals surface area contributed by atoms with Crippen LogP contribution in [0.1, 0.15) is 16.7 Å². The van der Waals surface area contributed by atoms with Crippen molar-refractivity contribution in [2.24, 2.45) is 10.9 Å². The van der Waals surface area contributed by atoms with Gasteiger partial charge in [0.05, 0.1) is 7.11 Å². The molecular formula is C17H18F2N2O3. The molecular weight excluding hydrogens is 318 g/mol. The van der Waals surface area contributed by atoms with Crippen LogP contribution in [0.25, 0.3) is 0 Å². The van der Waals surface area contributed by atoms with E-state index in [1.165, 1.54) is 25.3 Å². The average molecular weight is 336 g/mol. The largest absolute Gasteiger partial charge is 0.493 e. The molecule has 0 aromatic heterocycles. The summed E-state index contributed by atoms with van der Waals surface area (Å²) in [5.41, 5.74) is 8.40. The molecule has 0 saturated carbocycles. The van der Waals surface area contributed by atoms with Crippen LogP contribution in [-0.4, -0.2) is 19.6 Å². The van der Waals surface area contributed by atoms with E-state index in [0.29, 0.717) is 5.56 Å². The molecule has 0 bridgehead atoms. The Morgan fingerprint density at radius 3 is 2.62 bits per heavy atom. The van der Waals surface area contributed by atoms with E-state index in [4.69, 9.17) is 15.3 Å². The van der Waals surface area contributed by atoms with Gasteiger partial charge in [-0.1, -0.05) is 35.0 Å². The minimum absolute atomic E-state index is 0.0790. The van der Waals surface area contributed by atoms with Gasteiger partial charge in [0.25, 0.3) is 0 Å². The first-order chi connectivity index (χ1) is 11.5. The summed E-state index contributed by atoms with van der Waals surface area (Å²) in [4.78, 5) is 5.23. The molecule has 5 nitrogen and oxygen atoms in total. The Morgan fingerprint density at radius 2 is 1.96 bits per heavy atom. The molecule has 2 N–H and O–H groups in total. The zero-order valence-corrected chi connectivity index (χ0v) is 13.3. The van der Waals surface area contributed by atoms with Crippen molar-refractivity contribution in [2.45, 2.75) is 20.1 Å². The van der Waals surface area contributed by atoms with E-state index < -0.39 is 6.61 Å². The molecule has 0 aliphatic heterocycles. The number of nitrogens with zero attached hydrogens (tertiary/aromatic N) is 1. The number of benzene rings is 2. The molecule has 0 heterocycles. The zero-order valence-electron chi connectivity index (χ0n) is 13.3. The fourth-order valence-electron chi connectivity index (χ4n) is 2.05. The van der Waals surface area contributed by atoms with Crippen molar-refractivity contribution in [2.75, 3.05) is 7.11 Å². The van der Waals surface area contributed by atoms with Crippen LogP contribution in [-0.2, 0) is 11.4 Å². The number of alkyl halides is 2. The smallest absolute Gasteiger partial charge is 0.387 e. The molecule has 128 valence electrons. The molecule has 2 aromatic carbocycles. The van der Waals surface area contributed by atoms with Crippen molar-refractivity contribution >= 4 is 5.84 Å². The highest BCUT2D eigenvalue weighted by atomic mass is 19.3. The lowest BCUT2D eigenvalue weighted by molar-refractivity contribution is -0.0512. The van der Waals surface area contributed by atoms with E-state index in [-0.39, 0.29) is 23.9 Å². The third-order valence-electron chi connectivity index (χ3n) is 3.15. The van der Waals surface area contributed by atoms with E-state index in [1.54, 1.807) is 0 Å². The summed E-state index contributed by atoms with van der Waals surface area (Å²) in [6.45, 7) is -0.684. The van der Waals surface area contributed by atoms with Gasteiger partial charge in [0.2, 0.25) is 0 Å². The van der Waals surface area contributed by atoms with Gasteiger partial charge in [0.1, 0.15) is 6.61 Å². The van der Waals surface area contributed by atoms with Crippen LogP contribution in [0.15, 0.2) is 47.6 Å². The second kappa shape index (κ2) is 8.14. The minimum Gasteiger partial charge on any atom is -0.493 e. The number of hydrogen-bond donors (Lipinski definition) is 1. The monoisotopic (exact) mass is 336 g/mol. The van der Waals surface area contributed by atoms with Crippen LogP contribution in [0, 0.1) is 6.92 Å². The van der Waals surface area contributed by atoms with E-state index in [1.807, 2.05) is 31.2 Å². The fourth-order valence-corrected chi connectivity index (χ4v) is 2.05. The van der Waals surface area contributed by atoms with Crippen molar-refractivity contribution in [3.8, 4) is 11.5 Å². The molecule has 0 aliphatic rings. The lowest BCUT2D eigenvalue weighted by atomic mass is 10.1. The van der Waals surface area contributed by atoms with Gasteiger partial charge < -0.3 is 20.0 Å². The first-order valence-electron chi connectivity index (χ1n) is 7.14. The first-order valence-corrected chi connectivity index (χ1v) is 7.14. The summed E-state index contributed by atoms with van der Waals surface area (Å²) >= 11 is 0. The van der Waals surface area contributed by atoms with Gasteiger partial charge in [0, 0.05) is 5.56 Å². The number of halogens is 2. The van der Waals surface area contributed by atoms with Crippen LogP contribution in [0.3, 0.4) is 0 Å². The van der Waals surface area contributed by atoms with Gasteiger partial charge in [-0.3, -0.25) is 0 Å². The molecule has 7 heteroatoms. The van der Waals surface area contributed by atoms with Crippen molar-refractivity contribution in [3.05, 3.63) is 59.2 Å². The maximum absolute atomic E-state index is 12.3. The molecule has 0 saturated heterocycles. The Bertz CT molecular complexity index is 721. The Labute approximate surface area is 138 Å². The predicted molar refractivity (Wildman–Crippen MR) is 86.3 cm³/mol. The van der Waals surface area contributed by atoms with E-state index in [0.717, 1.165) is 11.1 Å². The maximum Gasteiger partial charge on any atom is 0.387 e. The Kier molecular flexibility index (Phi) is 5.95. The van der Waals surface area contributed by atoms with Crippen molar-refractivity contribution in [3.63, 3.8) is 0 Å². The van der Waals surface area contributed by atoms with Crippen LogP contribution in [0.4, 0.5) is 8.78 Å². The van der Waals surface area contributed by atoms with Gasteiger partial charge in [-0.15, -0.1) is 0 Å². The lowest BCUT2D eigenvalue weighted by Gasteiger charge is -2.11. The summed E-state index contributed by atoms with van der Waals surface area (Å²) in [7, 11) is 1.35. The maximum atomic E-state index is 12.3. The molecule has 0 amide bonds. The molecule has 0 unspecified atom stereocenters. The number of aryl methyl sites for hydroxylation is 1. The fraction of sp³-hybridized carbons (Fsp3) is 0.235. The normalized spacial score (nSPS) is 11.5. The molecule has 0 atom stereocenters. The van der Waals surface area contributed by atoms with Crippen molar-refractivity contribution in [1.82, 2.24) is 0 Å². The summed E-state index contributed by atoms with van der Waals surface area (Å²) in [6.07, 6.45) is 0. The third-order valence-corrected chi connectivity index (χ3v) is 3.15. The first kappa shape index (κ1) is 17.5. The second-order valence-corrected chi connectivity index (χ2v) is 4.98. The van der Waals surface area contributed by atoms with Crippen molar-refractivity contribution in [1.29, 1.82) is 0 Å². The number of hydrogen-bond acceptors (Lipinski definition) is 4. The molecule has 2 rings (SSSR count). The minimum atomic E-state index is -2.94. The SMILES string of the molecule is COc1cc(/C(N)=N/OCc2cccc(C)c2)ccc1OC(F)F. The summed E-state index contributed by atoms with van der Waals surface area (Å²) in [6, 6.07) is 12.1. The van der Waals surface area contributed by atoms with Crippen LogP contribution >= 0.6 is 0 Å². The highest BCUT2D eigenvalue weighted by Crippen LogP contribution is 2.29. The second-order valence-electron chi connectivity index (χ2n) is 4.98. The lowest BCUT2D eigenvalue weighted by Crippen LogP contribution is -2.14. The Morgan fingerprint density at radius 1 is 1.17 bits per heavy atom. The van der Waals surface area contributed by atoms with Gasteiger partial charge in [0.15, 0.2) is 17.3 Å². The molecule has 0 radical (unpaired) electrons. The van der Waals surface area contributed by atoms with Crippen LogP contribution < -0.4 is 15.2 Å². The summed E-state index contributed by atoms with van der Waals surface area (Å²) in [5.74, 6) is 0.152. The quantitative estimate of drug-likeness (QED) is 0.478. The van der Waals surface area contributed by atoms with Crippen molar-refractivity contribution < 1.29 is 23.1 Å². The van der Waals surface area contributed by atoms with Gasteiger partial charge in [-0.25, -0.2) is 0 Å².